The van der Waals surface area contributed by atoms with Gasteiger partial charge in [-0.2, -0.15) is 0 Å². The molecule has 1 aliphatic rings. The zero-order valence-electron chi connectivity index (χ0n) is 12.1. The first-order valence-electron chi connectivity index (χ1n) is 6.84. The molecule has 0 N–H and O–H groups in total. The lowest BCUT2D eigenvalue weighted by Gasteiger charge is -2.34. The Hall–Kier alpha value is -1.68. The Morgan fingerprint density at radius 1 is 1.25 bits per heavy atom. The molecular weight excluding hydrogens is 257 g/mol. The van der Waals surface area contributed by atoms with Crippen molar-refractivity contribution in [2.24, 2.45) is 0 Å². The minimum absolute atomic E-state index is 0.0196. The van der Waals surface area contributed by atoms with Crippen molar-refractivity contribution in [2.45, 2.75) is 33.0 Å². The fourth-order valence-electron chi connectivity index (χ4n) is 2.43. The lowest BCUT2D eigenvalue weighted by Crippen LogP contribution is -2.47. The summed E-state index contributed by atoms with van der Waals surface area (Å²) in [5, 5.41) is 0. The van der Waals surface area contributed by atoms with Gasteiger partial charge in [-0.15, -0.1) is 0 Å². The van der Waals surface area contributed by atoms with Crippen LogP contribution in [0.15, 0.2) is 30.3 Å². The van der Waals surface area contributed by atoms with E-state index in [1.165, 1.54) is 12.1 Å². The predicted molar refractivity (Wildman–Crippen MR) is 76.6 cm³/mol. The molecule has 1 aromatic rings. The summed E-state index contributed by atoms with van der Waals surface area (Å²) in [7, 11) is 0. The average Bonchev–Trinajstić information content (AvgIpc) is 2.38. The Kier molecular flexibility index (Phi) is 4.55. The summed E-state index contributed by atoms with van der Waals surface area (Å²) >= 11 is 0. The van der Waals surface area contributed by atoms with Crippen molar-refractivity contribution >= 4 is 11.5 Å². The Bertz CT molecular complexity index is 500. The third-order valence-electron chi connectivity index (χ3n) is 3.37. The summed E-state index contributed by atoms with van der Waals surface area (Å²) in [4.78, 5) is 14.1. The van der Waals surface area contributed by atoms with Crippen LogP contribution in [0.2, 0.25) is 0 Å². The quantitative estimate of drug-likeness (QED) is 0.778. The van der Waals surface area contributed by atoms with Gasteiger partial charge in [-0.05, 0) is 44.0 Å². The second-order valence-electron chi connectivity index (χ2n) is 5.33. The van der Waals surface area contributed by atoms with E-state index in [9.17, 15) is 9.18 Å². The molecule has 1 heterocycles. The molecule has 3 nitrogen and oxygen atoms in total. The van der Waals surface area contributed by atoms with Gasteiger partial charge in [-0.1, -0.05) is 12.1 Å². The molecule has 0 radical (unpaired) electrons. The fourth-order valence-corrected chi connectivity index (χ4v) is 2.43. The van der Waals surface area contributed by atoms with E-state index in [4.69, 9.17) is 4.74 Å². The molecule has 1 saturated heterocycles. The van der Waals surface area contributed by atoms with Crippen LogP contribution in [0.1, 0.15) is 26.3 Å². The number of hydrogen-bond donors (Lipinski definition) is 0. The smallest absolute Gasteiger partial charge is 0.247 e. The maximum Gasteiger partial charge on any atom is 0.247 e. The minimum Gasteiger partial charge on any atom is -0.372 e. The van der Waals surface area contributed by atoms with Crippen molar-refractivity contribution in [1.29, 1.82) is 0 Å². The molecule has 0 saturated carbocycles. The number of morpholine rings is 1. The van der Waals surface area contributed by atoms with Gasteiger partial charge < -0.3 is 9.64 Å². The SMILES string of the molecule is C/C(=C/C(=O)N1C[C@H](C)O[C@@H](C)C1)c1ccc(F)cc1. The topological polar surface area (TPSA) is 29.5 Å². The predicted octanol–water partition coefficient (Wildman–Crippen LogP) is 2.86. The van der Waals surface area contributed by atoms with Crippen molar-refractivity contribution in [3.63, 3.8) is 0 Å². The number of halogens is 1. The molecular formula is C16H20FNO2. The summed E-state index contributed by atoms with van der Waals surface area (Å²) in [5.74, 6) is -0.294. The highest BCUT2D eigenvalue weighted by molar-refractivity contribution is 5.94. The number of carbonyl (C=O) groups excluding carboxylic acids is 1. The highest BCUT2D eigenvalue weighted by Crippen LogP contribution is 2.16. The van der Waals surface area contributed by atoms with Gasteiger partial charge in [0, 0.05) is 19.2 Å². The number of rotatable bonds is 2. The van der Waals surface area contributed by atoms with Gasteiger partial charge >= 0.3 is 0 Å². The van der Waals surface area contributed by atoms with Crippen LogP contribution in [0.5, 0.6) is 0 Å². The summed E-state index contributed by atoms with van der Waals surface area (Å²) < 4.78 is 18.5. The number of hydrogen-bond acceptors (Lipinski definition) is 2. The maximum absolute atomic E-state index is 12.9. The van der Waals surface area contributed by atoms with Crippen molar-refractivity contribution in [3.8, 4) is 0 Å². The first kappa shape index (κ1) is 14.7. The van der Waals surface area contributed by atoms with E-state index in [-0.39, 0.29) is 23.9 Å². The van der Waals surface area contributed by atoms with Gasteiger partial charge in [0.25, 0.3) is 0 Å². The van der Waals surface area contributed by atoms with Crippen LogP contribution in [0.25, 0.3) is 5.57 Å². The van der Waals surface area contributed by atoms with Crippen LogP contribution in [-0.4, -0.2) is 36.1 Å². The number of ether oxygens (including phenoxy) is 1. The highest BCUT2D eigenvalue weighted by Gasteiger charge is 2.24. The van der Waals surface area contributed by atoms with E-state index in [1.807, 2.05) is 20.8 Å². The van der Waals surface area contributed by atoms with Gasteiger partial charge in [0.1, 0.15) is 5.82 Å². The van der Waals surface area contributed by atoms with Crippen molar-refractivity contribution < 1.29 is 13.9 Å². The summed E-state index contributed by atoms with van der Waals surface area (Å²) in [6, 6.07) is 6.16. The molecule has 1 amide bonds. The van der Waals surface area contributed by atoms with Gasteiger partial charge in [0.05, 0.1) is 12.2 Å². The van der Waals surface area contributed by atoms with Gasteiger partial charge in [-0.3, -0.25) is 4.79 Å². The Morgan fingerprint density at radius 3 is 2.35 bits per heavy atom. The Morgan fingerprint density at radius 2 is 1.80 bits per heavy atom. The molecule has 2 atom stereocenters. The Labute approximate surface area is 119 Å². The van der Waals surface area contributed by atoms with E-state index in [0.29, 0.717) is 13.1 Å². The molecule has 1 aromatic carbocycles. The van der Waals surface area contributed by atoms with Gasteiger partial charge in [0.15, 0.2) is 0 Å². The number of carbonyl (C=O) groups is 1. The number of allylic oxidation sites excluding steroid dienone is 1. The van der Waals surface area contributed by atoms with Crippen LogP contribution in [-0.2, 0) is 9.53 Å². The first-order chi connectivity index (χ1) is 9.45. The standard InChI is InChI=1S/C16H20FNO2/c1-11(14-4-6-15(17)7-5-14)8-16(19)18-9-12(2)20-13(3)10-18/h4-8,12-13H,9-10H2,1-3H3/b11-8-/t12-,13-/m0/s1. The van der Waals surface area contributed by atoms with Crippen LogP contribution in [0, 0.1) is 5.82 Å². The van der Waals surface area contributed by atoms with Gasteiger partial charge in [-0.25, -0.2) is 4.39 Å². The molecule has 0 aromatic heterocycles. The summed E-state index contributed by atoms with van der Waals surface area (Å²) in [6.45, 7) is 7.00. The zero-order chi connectivity index (χ0) is 14.7. The molecule has 2 rings (SSSR count). The zero-order valence-corrected chi connectivity index (χ0v) is 12.1. The first-order valence-corrected chi connectivity index (χ1v) is 6.84. The minimum atomic E-state index is -0.274. The second-order valence-corrected chi connectivity index (χ2v) is 5.33. The van der Waals surface area contributed by atoms with E-state index in [1.54, 1.807) is 23.1 Å². The third kappa shape index (κ3) is 3.67. The number of benzene rings is 1. The summed E-state index contributed by atoms with van der Waals surface area (Å²) in [6.07, 6.45) is 1.72. The molecule has 0 spiro atoms. The van der Waals surface area contributed by atoms with Crippen molar-refractivity contribution in [3.05, 3.63) is 41.7 Å². The molecule has 4 heteroatoms. The normalized spacial score (nSPS) is 23.8. The van der Waals surface area contributed by atoms with Crippen molar-refractivity contribution in [2.75, 3.05) is 13.1 Å². The molecule has 108 valence electrons. The van der Waals surface area contributed by atoms with E-state index < -0.39 is 0 Å². The fraction of sp³-hybridized carbons (Fsp3) is 0.438. The van der Waals surface area contributed by atoms with Crippen molar-refractivity contribution in [1.82, 2.24) is 4.90 Å². The molecule has 0 aliphatic carbocycles. The highest BCUT2D eigenvalue weighted by atomic mass is 19.1. The molecule has 1 fully saturated rings. The molecule has 20 heavy (non-hydrogen) atoms. The number of amides is 1. The molecule has 0 unspecified atom stereocenters. The summed E-state index contributed by atoms with van der Waals surface area (Å²) in [5.41, 5.74) is 1.69. The average molecular weight is 277 g/mol. The largest absolute Gasteiger partial charge is 0.372 e. The van der Waals surface area contributed by atoms with E-state index in [0.717, 1.165) is 11.1 Å². The van der Waals surface area contributed by atoms with Crippen LogP contribution < -0.4 is 0 Å². The van der Waals surface area contributed by atoms with Crippen LogP contribution in [0.3, 0.4) is 0 Å². The second kappa shape index (κ2) is 6.18. The van der Waals surface area contributed by atoms with E-state index in [2.05, 4.69) is 0 Å². The monoisotopic (exact) mass is 277 g/mol. The van der Waals surface area contributed by atoms with Crippen LogP contribution in [0.4, 0.5) is 4.39 Å². The van der Waals surface area contributed by atoms with Crippen LogP contribution >= 0.6 is 0 Å². The number of nitrogens with zero attached hydrogens (tertiary/aromatic N) is 1. The Balaban J connectivity index is 2.09. The van der Waals surface area contributed by atoms with Gasteiger partial charge in [0.2, 0.25) is 5.91 Å². The lowest BCUT2D eigenvalue weighted by molar-refractivity contribution is -0.137. The third-order valence-corrected chi connectivity index (χ3v) is 3.37. The lowest BCUT2D eigenvalue weighted by atomic mass is 10.1. The molecule has 0 bridgehead atoms. The molecule has 1 aliphatic heterocycles. The maximum atomic E-state index is 12.9. The van der Waals surface area contributed by atoms with E-state index >= 15 is 0 Å².